The van der Waals surface area contributed by atoms with Crippen molar-refractivity contribution in [2.75, 3.05) is 6.54 Å². The Kier molecular flexibility index (Phi) is 3.98. The van der Waals surface area contributed by atoms with Crippen LogP contribution in [-0.4, -0.2) is 24.7 Å². The number of nitrogens with one attached hydrogen (secondary N) is 1. The van der Waals surface area contributed by atoms with E-state index in [1.165, 1.54) is 0 Å². The summed E-state index contributed by atoms with van der Waals surface area (Å²) in [5.41, 5.74) is 2.91. The van der Waals surface area contributed by atoms with Crippen molar-refractivity contribution in [3.05, 3.63) is 34.9 Å². The summed E-state index contributed by atoms with van der Waals surface area (Å²) in [5.74, 6) is 0.692. The van der Waals surface area contributed by atoms with Crippen molar-refractivity contribution < 1.29 is 9.53 Å². The number of halogens is 1. The first-order valence-electron chi connectivity index (χ1n) is 7.69. The summed E-state index contributed by atoms with van der Waals surface area (Å²) >= 11 is 6.75. The van der Waals surface area contributed by atoms with Crippen LogP contribution in [0.5, 0.6) is 0 Å². The number of hydrogen-bond acceptors (Lipinski definition) is 2. The van der Waals surface area contributed by atoms with Gasteiger partial charge in [-0.1, -0.05) is 19.1 Å². The standard InChI is InChI=1S/C17H22ClNO2/c1-9-10(2)21-11(3)15(9)16(18)13-5-4-12-6-7-19-17(20)14(12)8-13/h4-5,8-11,15-16H,6-7H2,1-3H3,(H,19,20). The maximum absolute atomic E-state index is 12.0. The molecule has 2 aliphatic rings. The number of carbonyl (C=O) groups excluding carboxylic acids is 1. The lowest BCUT2D eigenvalue weighted by Crippen LogP contribution is -2.32. The fourth-order valence-electron chi connectivity index (χ4n) is 3.62. The first-order chi connectivity index (χ1) is 9.99. The number of alkyl halides is 1. The molecule has 1 fully saturated rings. The van der Waals surface area contributed by atoms with E-state index in [0.717, 1.165) is 29.7 Å². The Labute approximate surface area is 131 Å². The second-order valence-corrected chi connectivity index (χ2v) is 6.78. The van der Waals surface area contributed by atoms with Crippen LogP contribution in [-0.2, 0) is 11.2 Å². The average Bonchev–Trinajstić information content (AvgIpc) is 2.71. The average molecular weight is 308 g/mol. The zero-order chi connectivity index (χ0) is 15.1. The number of ether oxygens (including phenoxy) is 1. The van der Waals surface area contributed by atoms with E-state index in [0.29, 0.717) is 5.92 Å². The van der Waals surface area contributed by atoms with Gasteiger partial charge in [-0.05, 0) is 43.4 Å². The van der Waals surface area contributed by atoms with Gasteiger partial charge >= 0.3 is 0 Å². The van der Waals surface area contributed by atoms with Crippen LogP contribution in [0.2, 0.25) is 0 Å². The molecule has 1 aromatic carbocycles. The van der Waals surface area contributed by atoms with Gasteiger partial charge in [0.05, 0.1) is 17.6 Å². The third-order valence-corrected chi connectivity index (χ3v) is 5.58. The minimum atomic E-state index is -0.125. The molecule has 0 radical (unpaired) electrons. The van der Waals surface area contributed by atoms with E-state index in [9.17, 15) is 4.79 Å². The van der Waals surface area contributed by atoms with Crippen LogP contribution in [0, 0.1) is 11.8 Å². The molecule has 1 saturated heterocycles. The molecule has 3 rings (SSSR count). The van der Waals surface area contributed by atoms with Crippen molar-refractivity contribution in [2.45, 2.75) is 44.8 Å². The van der Waals surface area contributed by atoms with Gasteiger partial charge in [-0.15, -0.1) is 11.6 Å². The molecule has 1 amide bonds. The van der Waals surface area contributed by atoms with E-state index < -0.39 is 0 Å². The van der Waals surface area contributed by atoms with Gasteiger partial charge in [-0.25, -0.2) is 0 Å². The molecule has 4 heteroatoms. The van der Waals surface area contributed by atoms with Gasteiger partial charge in [0.1, 0.15) is 0 Å². The summed E-state index contributed by atoms with van der Waals surface area (Å²) in [6, 6.07) is 6.08. The van der Waals surface area contributed by atoms with E-state index >= 15 is 0 Å². The van der Waals surface area contributed by atoms with Gasteiger partial charge in [0.25, 0.3) is 5.91 Å². The number of amides is 1. The van der Waals surface area contributed by atoms with Crippen molar-refractivity contribution in [2.24, 2.45) is 11.8 Å². The van der Waals surface area contributed by atoms with Crippen molar-refractivity contribution in [1.29, 1.82) is 0 Å². The summed E-state index contributed by atoms with van der Waals surface area (Å²) < 4.78 is 5.90. The molecule has 0 aromatic heterocycles. The van der Waals surface area contributed by atoms with Crippen LogP contribution < -0.4 is 5.32 Å². The topological polar surface area (TPSA) is 38.3 Å². The molecule has 0 saturated carbocycles. The van der Waals surface area contributed by atoms with Crippen molar-refractivity contribution in [3.8, 4) is 0 Å². The number of carbonyl (C=O) groups is 1. The molecule has 0 aliphatic carbocycles. The monoisotopic (exact) mass is 307 g/mol. The Balaban J connectivity index is 1.90. The lowest BCUT2D eigenvalue weighted by molar-refractivity contribution is 0.0508. The molecular weight excluding hydrogens is 286 g/mol. The predicted octanol–water partition coefficient (Wildman–Crippen LogP) is 3.31. The summed E-state index contributed by atoms with van der Waals surface area (Å²) in [6.45, 7) is 7.10. The van der Waals surface area contributed by atoms with Gasteiger partial charge in [-0.2, -0.15) is 0 Å². The molecule has 2 heterocycles. The van der Waals surface area contributed by atoms with Crippen LogP contribution in [0.15, 0.2) is 18.2 Å². The molecule has 21 heavy (non-hydrogen) atoms. The molecule has 5 atom stereocenters. The van der Waals surface area contributed by atoms with Crippen molar-refractivity contribution >= 4 is 17.5 Å². The van der Waals surface area contributed by atoms with Gasteiger partial charge in [-0.3, -0.25) is 4.79 Å². The second kappa shape index (κ2) is 5.62. The smallest absolute Gasteiger partial charge is 0.251 e. The summed E-state index contributed by atoms with van der Waals surface area (Å²) in [7, 11) is 0. The fourth-order valence-corrected chi connectivity index (χ4v) is 4.19. The van der Waals surface area contributed by atoms with Gasteiger partial charge in [0.15, 0.2) is 0 Å². The van der Waals surface area contributed by atoms with Crippen LogP contribution in [0.1, 0.15) is 47.6 Å². The number of fused-ring (bicyclic) bond motifs is 1. The predicted molar refractivity (Wildman–Crippen MR) is 83.7 cm³/mol. The van der Waals surface area contributed by atoms with Crippen molar-refractivity contribution in [1.82, 2.24) is 5.32 Å². The second-order valence-electron chi connectivity index (χ2n) is 6.31. The normalized spacial score (nSPS) is 33.4. The summed E-state index contributed by atoms with van der Waals surface area (Å²) in [4.78, 5) is 12.0. The molecule has 1 aromatic rings. The Morgan fingerprint density at radius 3 is 2.71 bits per heavy atom. The molecule has 1 N–H and O–H groups in total. The van der Waals surface area contributed by atoms with Gasteiger partial charge in [0, 0.05) is 18.0 Å². The van der Waals surface area contributed by atoms with Crippen LogP contribution in [0.4, 0.5) is 0 Å². The molecule has 0 spiro atoms. The molecule has 2 aliphatic heterocycles. The first kappa shape index (κ1) is 14.9. The van der Waals surface area contributed by atoms with E-state index in [4.69, 9.17) is 16.3 Å². The SMILES string of the molecule is CC1OC(C)C(C(Cl)c2ccc3c(c2)C(=O)NCC3)C1C. The molecular formula is C17H22ClNO2. The van der Waals surface area contributed by atoms with Gasteiger partial charge < -0.3 is 10.1 Å². The molecule has 114 valence electrons. The number of hydrogen-bond donors (Lipinski definition) is 1. The quantitative estimate of drug-likeness (QED) is 0.851. The van der Waals surface area contributed by atoms with Gasteiger partial charge in [0.2, 0.25) is 0 Å². The number of benzene rings is 1. The number of rotatable bonds is 2. The largest absolute Gasteiger partial charge is 0.375 e. The summed E-state index contributed by atoms with van der Waals surface area (Å²) in [6.07, 6.45) is 1.26. The van der Waals surface area contributed by atoms with Crippen LogP contribution >= 0.6 is 11.6 Å². The van der Waals surface area contributed by atoms with Crippen LogP contribution in [0.3, 0.4) is 0 Å². The zero-order valence-electron chi connectivity index (χ0n) is 12.7. The molecule has 3 nitrogen and oxygen atoms in total. The lowest BCUT2D eigenvalue weighted by Gasteiger charge is -2.26. The first-order valence-corrected chi connectivity index (χ1v) is 8.13. The fraction of sp³-hybridized carbons (Fsp3) is 0.588. The lowest BCUT2D eigenvalue weighted by atomic mass is 9.83. The highest BCUT2D eigenvalue weighted by Gasteiger charge is 2.41. The third kappa shape index (κ3) is 2.58. The maximum Gasteiger partial charge on any atom is 0.251 e. The van der Waals surface area contributed by atoms with E-state index in [-0.39, 0.29) is 29.4 Å². The Hall–Kier alpha value is -1.06. The molecule has 5 unspecified atom stereocenters. The van der Waals surface area contributed by atoms with E-state index in [1.807, 2.05) is 12.1 Å². The highest BCUT2D eigenvalue weighted by Crippen LogP contribution is 2.44. The van der Waals surface area contributed by atoms with Crippen LogP contribution in [0.25, 0.3) is 0 Å². The Morgan fingerprint density at radius 1 is 1.29 bits per heavy atom. The van der Waals surface area contributed by atoms with Crippen molar-refractivity contribution in [3.63, 3.8) is 0 Å². The van der Waals surface area contributed by atoms with E-state index in [2.05, 4.69) is 32.2 Å². The highest BCUT2D eigenvalue weighted by molar-refractivity contribution is 6.21. The highest BCUT2D eigenvalue weighted by atomic mass is 35.5. The zero-order valence-corrected chi connectivity index (χ0v) is 13.5. The van der Waals surface area contributed by atoms with E-state index in [1.54, 1.807) is 0 Å². The minimum absolute atomic E-state index is 0.0131. The Morgan fingerprint density at radius 2 is 2.05 bits per heavy atom. The molecule has 0 bridgehead atoms. The summed E-state index contributed by atoms with van der Waals surface area (Å²) in [5, 5.41) is 2.77. The minimum Gasteiger partial charge on any atom is -0.375 e. The maximum atomic E-state index is 12.0. The third-order valence-electron chi connectivity index (χ3n) is 5.03. The Bertz CT molecular complexity index is 560.